The zero-order valence-electron chi connectivity index (χ0n) is 19.1. The van der Waals surface area contributed by atoms with Crippen LogP contribution in [0.3, 0.4) is 0 Å². The Hall–Kier alpha value is -3.50. The standard InChI is InChI=1S/C18H17F3N2O3.C5H11NO2/c19-18(20,21)15-13(8-14(16(22)24)17(25)23-15)11-4-6-12(7-5-11)26-9-10-2-1-3-10;1-5(2,3)8-4(6)7/h4-8,10H,1-3,9H2,(H2,22,24)(H,23,25);1-3H3,(H2,6,7). The third kappa shape index (κ3) is 7.82. The normalized spacial score (nSPS) is 13.8. The topological polar surface area (TPSA) is 138 Å². The number of rotatable bonds is 5. The molecule has 1 aromatic heterocycles. The molecule has 0 unspecified atom stereocenters. The van der Waals surface area contributed by atoms with Crippen molar-refractivity contribution in [3.63, 3.8) is 0 Å². The maximum Gasteiger partial charge on any atom is 0.431 e. The Morgan fingerprint density at radius 3 is 2.06 bits per heavy atom. The molecule has 1 aliphatic carbocycles. The van der Waals surface area contributed by atoms with E-state index in [1.54, 1.807) is 37.9 Å². The van der Waals surface area contributed by atoms with E-state index in [0.29, 0.717) is 18.3 Å². The van der Waals surface area contributed by atoms with Gasteiger partial charge in [-0.3, -0.25) is 9.59 Å². The second-order valence-corrected chi connectivity index (χ2v) is 8.83. The van der Waals surface area contributed by atoms with Gasteiger partial charge in [-0.25, -0.2) is 4.79 Å². The van der Waals surface area contributed by atoms with Gasteiger partial charge >= 0.3 is 12.3 Å². The highest BCUT2D eigenvalue weighted by molar-refractivity contribution is 5.94. The number of primary amides is 2. The molecule has 2 amide bonds. The van der Waals surface area contributed by atoms with E-state index in [0.717, 1.165) is 18.9 Å². The summed E-state index contributed by atoms with van der Waals surface area (Å²) in [6.45, 7) is 5.87. The van der Waals surface area contributed by atoms with Crippen LogP contribution in [0.15, 0.2) is 35.1 Å². The van der Waals surface area contributed by atoms with Crippen molar-refractivity contribution >= 4 is 12.0 Å². The number of benzene rings is 1. The Morgan fingerprint density at radius 1 is 1.09 bits per heavy atom. The summed E-state index contributed by atoms with van der Waals surface area (Å²) in [4.78, 5) is 34.7. The number of nitrogens with two attached hydrogens (primary N) is 2. The van der Waals surface area contributed by atoms with Gasteiger partial charge in [-0.2, -0.15) is 13.2 Å². The minimum Gasteiger partial charge on any atom is -0.493 e. The van der Waals surface area contributed by atoms with Crippen LogP contribution < -0.4 is 21.8 Å². The van der Waals surface area contributed by atoms with E-state index in [1.807, 2.05) is 0 Å². The lowest BCUT2D eigenvalue weighted by Crippen LogP contribution is -2.27. The van der Waals surface area contributed by atoms with Gasteiger partial charge in [0, 0.05) is 5.56 Å². The highest BCUT2D eigenvalue weighted by atomic mass is 19.4. The van der Waals surface area contributed by atoms with Crippen LogP contribution in [-0.2, 0) is 10.9 Å². The first-order valence-corrected chi connectivity index (χ1v) is 10.5. The zero-order valence-corrected chi connectivity index (χ0v) is 19.1. The van der Waals surface area contributed by atoms with Crippen molar-refractivity contribution in [2.45, 2.75) is 51.8 Å². The molecule has 0 bridgehead atoms. The first-order valence-electron chi connectivity index (χ1n) is 10.5. The quantitative estimate of drug-likeness (QED) is 0.585. The van der Waals surface area contributed by atoms with E-state index in [4.69, 9.17) is 16.2 Å². The minimum absolute atomic E-state index is 0.187. The van der Waals surface area contributed by atoms with Crippen molar-refractivity contribution in [2.75, 3.05) is 6.61 Å². The van der Waals surface area contributed by atoms with Gasteiger partial charge in [-0.1, -0.05) is 18.6 Å². The zero-order chi connectivity index (χ0) is 25.7. The molecule has 1 aromatic carbocycles. The van der Waals surface area contributed by atoms with Crippen LogP contribution in [0.2, 0.25) is 0 Å². The number of H-pyrrole nitrogens is 1. The number of nitrogens with one attached hydrogen (secondary N) is 1. The van der Waals surface area contributed by atoms with E-state index >= 15 is 0 Å². The Labute approximate surface area is 194 Å². The maximum absolute atomic E-state index is 13.3. The number of aromatic nitrogens is 1. The Bertz CT molecular complexity index is 1070. The fourth-order valence-electron chi connectivity index (χ4n) is 3.07. The number of carbonyl (C=O) groups is 2. The number of amides is 2. The molecular formula is C23H28F3N3O5. The van der Waals surface area contributed by atoms with Gasteiger partial charge in [0.05, 0.1) is 6.61 Å². The molecule has 1 saturated carbocycles. The molecule has 0 aliphatic heterocycles. The third-order valence-corrected chi connectivity index (χ3v) is 4.87. The number of pyridine rings is 1. The molecule has 5 N–H and O–H groups in total. The van der Waals surface area contributed by atoms with E-state index in [9.17, 15) is 27.6 Å². The van der Waals surface area contributed by atoms with E-state index < -0.39 is 40.6 Å². The lowest BCUT2D eigenvalue weighted by atomic mass is 9.86. The van der Waals surface area contributed by atoms with Crippen LogP contribution in [0.5, 0.6) is 5.75 Å². The number of hydrogen-bond acceptors (Lipinski definition) is 5. The predicted molar refractivity (Wildman–Crippen MR) is 119 cm³/mol. The molecule has 1 heterocycles. The molecule has 186 valence electrons. The van der Waals surface area contributed by atoms with Gasteiger partial charge in [0.1, 0.15) is 22.6 Å². The summed E-state index contributed by atoms with van der Waals surface area (Å²) in [7, 11) is 0. The fraction of sp³-hybridized carbons (Fsp3) is 0.435. The molecule has 11 heteroatoms. The Kier molecular flexibility index (Phi) is 8.36. The molecule has 34 heavy (non-hydrogen) atoms. The second-order valence-electron chi connectivity index (χ2n) is 8.83. The molecule has 3 rings (SSSR count). The van der Waals surface area contributed by atoms with E-state index in [1.165, 1.54) is 18.6 Å². The smallest absolute Gasteiger partial charge is 0.431 e. The van der Waals surface area contributed by atoms with Gasteiger partial charge in [-0.05, 0) is 63.3 Å². The summed E-state index contributed by atoms with van der Waals surface area (Å²) in [6, 6.07) is 6.88. The molecule has 0 atom stereocenters. The van der Waals surface area contributed by atoms with Gasteiger partial charge in [0.2, 0.25) is 0 Å². The van der Waals surface area contributed by atoms with Gasteiger partial charge in [0.15, 0.2) is 0 Å². The Morgan fingerprint density at radius 2 is 1.68 bits per heavy atom. The van der Waals surface area contributed by atoms with Crippen LogP contribution in [-0.4, -0.2) is 29.2 Å². The largest absolute Gasteiger partial charge is 0.493 e. The van der Waals surface area contributed by atoms with Crippen LogP contribution in [0.1, 0.15) is 56.1 Å². The van der Waals surface area contributed by atoms with Crippen molar-refractivity contribution in [2.24, 2.45) is 17.4 Å². The van der Waals surface area contributed by atoms with E-state index in [2.05, 4.69) is 4.74 Å². The summed E-state index contributed by atoms with van der Waals surface area (Å²) in [5, 5.41) is 0. The molecule has 1 aliphatic rings. The number of halogens is 3. The number of aromatic amines is 1. The van der Waals surface area contributed by atoms with Crippen molar-refractivity contribution in [3.8, 4) is 16.9 Å². The van der Waals surface area contributed by atoms with Crippen LogP contribution in [0.4, 0.5) is 18.0 Å². The number of alkyl halides is 3. The molecule has 0 saturated heterocycles. The summed E-state index contributed by atoms with van der Waals surface area (Å²) in [5.74, 6) is -0.0146. The number of carbonyl (C=O) groups excluding carboxylic acids is 2. The molecule has 0 spiro atoms. The highest BCUT2D eigenvalue weighted by Crippen LogP contribution is 2.36. The predicted octanol–water partition coefficient (Wildman–Crippen LogP) is 4.22. The summed E-state index contributed by atoms with van der Waals surface area (Å²) in [5.41, 5.74) is 6.27. The van der Waals surface area contributed by atoms with Crippen molar-refractivity contribution < 1.29 is 32.2 Å². The molecule has 8 nitrogen and oxygen atoms in total. The number of hydrogen-bond donors (Lipinski definition) is 3. The molecule has 2 aromatic rings. The van der Waals surface area contributed by atoms with Crippen molar-refractivity contribution in [1.29, 1.82) is 0 Å². The second kappa shape index (κ2) is 10.6. The number of ether oxygens (including phenoxy) is 2. The van der Waals surface area contributed by atoms with Gasteiger partial charge in [-0.15, -0.1) is 0 Å². The van der Waals surface area contributed by atoms with Crippen LogP contribution in [0.25, 0.3) is 11.1 Å². The summed E-state index contributed by atoms with van der Waals surface area (Å²) in [6.07, 6.45) is -2.07. The van der Waals surface area contributed by atoms with Crippen LogP contribution >= 0.6 is 0 Å². The van der Waals surface area contributed by atoms with Crippen molar-refractivity contribution in [3.05, 3.63) is 51.9 Å². The SMILES string of the molecule is CC(C)(C)OC(N)=O.NC(=O)c1cc(-c2ccc(OCC3CCC3)cc2)c(C(F)(F)F)[nH]c1=O. The lowest BCUT2D eigenvalue weighted by Gasteiger charge is -2.25. The third-order valence-electron chi connectivity index (χ3n) is 4.87. The lowest BCUT2D eigenvalue weighted by molar-refractivity contribution is -0.140. The van der Waals surface area contributed by atoms with Gasteiger partial charge in [0.25, 0.3) is 11.5 Å². The summed E-state index contributed by atoms with van der Waals surface area (Å²) < 4.78 is 50.0. The molecule has 0 radical (unpaired) electrons. The molecular weight excluding hydrogens is 455 g/mol. The average molecular weight is 483 g/mol. The minimum atomic E-state index is -4.79. The van der Waals surface area contributed by atoms with Crippen molar-refractivity contribution in [1.82, 2.24) is 4.98 Å². The first kappa shape index (κ1) is 26.7. The van der Waals surface area contributed by atoms with E-state index in [-0.39, 0.29) is 11.1 Å². The Balaban J connectivity index is 0.000000440. The highest BCUT2D eigenvalue weighted by Gasteiger charge is 2.36. The molecule has 1 fully saturated rings. The first-order chi connectivity index (χ1) is 15.7. The van der Waals surface area contributed by atoms with Crippen LogP contribution in [0, 0.1) is 5.92 Å². The maximum atomic E-state index is 13.3. The monoisotopic (exact) mass is 483 g/mol. The average Bonchev–Trinajstić information content (AvgIpc) is 2.65. The summed E-state index contributed by atoms with van der Waals surface area (Å²) >= 11 is 0. The fourth-order valence-corrected chi connectivity index (χ4v) is 3.07. The van der Waals surface area contributed by atoms with Gasteiger partial charge < -0.3 is 25.9 Å².